The minimum absolute atomic E-state index is 0. The second-order valence-corrected chi connectivity index (χ2v) is 6.76. The summed E-state index contributed by atoms with van der Waals surface area (Å²) in [5.74, 6) is 1.35. The average molecular weight is 417 g/mol. The highest BCUT2D eigenvalue weighted by atomic mass is 35.5. The minimum atomic E-state index is -0.108. The number of rotatable bonds is 6. The summed E-state index contributed by atoms with van der Waals surface area (Å²) in [5, 5.41) is 2.90. The molecule has 0 saturated carbocycles. The van der Waals surface area contributed by atoms with Gasteiger partial charge in [-0.3, -0.25) is 9.69 Å². The smallest absolute Gasteiger partial charge is 0.256 e. The fraction of sp³-hybridized carbons (Fsp3) is 0.318. The highest BCUT2D eigenvalue weighted by molar-refractivity contribution is 6.35. The molecule has 0 aliphatic carbocycles. The van der Waals surface area contributed by atoms with E-state index in [9.17, 15) is 4.79 Å². The van der Waals surface area contributed by atoms with Gasteiger partial charge in [0.15, 0.2) is 0 Å². The van der Waals surface area contributed by atoms with Gasteiger partial charge in [-0.1, -0.05) is 18.2 Å². The number of carbonyl (C=O) groups excluding carboxylic acids is 1. The number of carbonyl (C=O) groups is 1. The summed E-state index contributed by atoms with van der Waals surface area (Å²) in [7, 11) is 1.63. The number of fused-ring (bicyclic) bond motifs is 1. The van der Waals surface area contributed by atoms with E-state index < -0.39 is 0 Å². The number of morpholine rings is 1. The molecular weight excluding hydrogens is 392 g/mol. The first-order valence-corrected chi connectivity index (χ1v) is 9.48. The predicted molar refractivity (Wildman–Crippen MR) is 116 cm³/mol. The summed E-state index contributed by atoms with van der Waals surface area (Å²) in [6.07, 6.45) is 1.87. The van der Waals surface area contributed by atoms with Gasteiger partial charge in [0.25, 0.3) is 5.91 Å². The maximum atomic E-state index is 12.5. The van der Waals surface area contributed by atoms with Crippen LogP contribution in [0, 0.1) is 0 Å². The van der Waals surface area contributed by atoms with Crippen LogP contribution in [0.1, 0.15) is 11.1 Å². The normalized spacial score (nSPS) is 17.4. The van der Waals surface area contributed by atoms with Gasteiger partial charge in [-0.25, -0.2) is 0 Å². The second kappa shape index (κ2) is 9.78. The standard InChI is InChI=1S/C22H24N2O4.ClH/c1-26-17-6-7-21(28-13-10-24-8-11-27-12-9-24)16(14-17)15-19-18-4-2-3-5-20(18)23-22(19)25;/h2-7,14-15H,8-13H2,1H3,(H,23,25);1H/b19-15+;. The Hall–Kier alpha value is -2.54. The average Bonchev–Trinajstić information content (AvgIpc) is 3.05. The van der Waals surface area contributed by atoms with E-state index in [1.165, 1.54) is 0 Å². The summed E-state index contributed by atoms with van der Waals surface area (Å²) < 4.78 is 16.8. The van der Waals surface area contributed by atoms with Crippen molar-refractivity contribution in [1.82, 2.24) is 4.90 Å². The molecule has 154 valence electrons. The molecule has 29 heavy (non-hydrogen) atoms. The number of amides is 1. The van der Waals surface area contributed by atoms with E-state index >= 15 is 0 Å². The van der Waals surface area contributed by atoms with Crippen molar-refractivity contribution in [3.05, 3.63) is 53.6 Å². The van der Waals surface area contributed by atoms with Crippen molar-refractivity contribution in [2.75, 3.05) is 51.9 Å². The Morgan fingerprint density at radius 1 is 1.17 bits per heavy atom. The Kier molecular flexibility index (Phi) is 7.14. The molecule has 0 bridgehead atoms. The lowest BCUT2D eigenvalue weighted by atomic mass is 10.0. The van der Waals surface area contributed by atoms with Crippen molar-refractivity contribution < 1.29 is 19.0 Å². The van der Waals surface area contributed by atoms with Crippen LogP contribution < -0.4 is 14.8 Å². The first-order valence-electron chi connectivity index (χ1n) is 9.48. The zero-order valence-corrected chi connectivity index (χ0v) is 17.2. The van der Waals surface area contributed by atoms with Gasteiger partial charge in [0.2, 0.25) is 0 Å². The van der Waals surface area contributed by atoms with Crippen LogP contribution in [0.3, 0.4) is 0 Å². The Bertz CT molecular complexity index is 894. The van der Waals surface area contributed by atoms with Crippen molar-refractivity contribution in [2.45, 2.75) is 0 Å². The quantitative estimate of drug-likeness (QED) is 0.732. The molecule has 1 fully saturated rings. The molecule has 1 amide bonds. The number of nitrogens with zero attached hydrogens (tertiary/aromatic N) is 1. The van der Waals surface area contributed by atoms with Crippen LogP contribution in [-0.2, 0) is 9.53 Å². The van der Waals surface area contributed by atoms with Crippen molar-refractivity contribution in [2.24, 2.45) is 0 Å². The fourth-order valence-electron chi connectivity index (χ4n) is 3.44. The van der Waals surface area contributed by atoms with Gasteiger partial charge in [0.1, 0.15) is 18.1 Å². The monoisotopic (exact) mass is 416 g/mol. The molecule has 4 rings (SSSR count). The SMILES string of the molecule is COc1ccc(OCCN2CCOCC2)c(/C=C2/C(=O)Nc3ccccc32)c1.Cl. The third-order valence-electron chi connectivity index (χ3n) is 5.00. The van der Waals surface area contributed by atoms with Crippen LogP contribution in [0.4, 0.5) is 5.69 Å². The van der Waals surface area contributed by atoms with Crippen LogP contribution in [0.2, 0.25) is 0 Å². The van der Waals surface area contributed by atoms with E-state index in [-0.39, 0.29) is 18.3 Å². The van der Waals surface area contributed by atoms with Gasteiger partial charge < -0.3 is 19.5 Å². The molecule has 0 unspecified atom stereocenters. The summed E-state index contributed by atoms with van der Waals surface area (Å²) in [5.41, 5.74) is 3.18. The molecule has 7 heteroatoms. The number of ether oxygens (including phenoxy) is 3. The van der Waals surface area contributed by atoms with E-state index in [0.717, 1.165) is 61.2 Å². The second-order valence-electron chi connectivity index (χ2n) is 6.76. The maximum Gasteiger partial charge on any atom is 0.256 e. The van der Waals surface area contributed by atoms with Gasteiger partial charge in [-0.2, -0.15) is 0 Å². The van der Waals surface area contributed by atoms with Crippen molar-refractivity contribution in [3.63, 3.8) is 0 Å². The van der Waals surface area contributed by atoms with Crippen molar-refractivity contribution >= 4 is 35.7 Å². The number of hydrogen-bond donors (Lipinski definition) is 1. The van der Waals surface area contributed by atoms with Crippen LogP contribution in [0.25, 0.3) is 11.6 Å². The van der Waals surface area contributed by atoms with E-state index in [0.29, 0.717) is 12.2 Å². The molecule has 1 saturated heterocycles. The minimum Gasteiger partial charge on any atom is -0.497 e. The van der Waals surface area contributed by atoms with Gasteiger partial charge >= 0.3 is 0 Å². The zero-order chi connectivity index (χ0) is 19.3. The summed E-state index contributed by atoms with van der Waals surface area (Å²) in [6.45, 7) is 4.82. The zero-order valence-electron chi connectivity index (χ0n) is 16.3. The van der Waals surface area contributed by atoms with Gasteiger partial charge in [0, 0.05) is 42.0 Å². The molecule has 2 aliphatic rings. The number of halogens is 1. The molecular formula is C22H25ClN2O4. The van der Waals surface area contributed by atoms with Crippen LogP contribution in [0.5, 0.6) is 11.5 Å². The van der Waals surface area contributed by atoms with Gasteiger partial charge in [-0.15, -0.1) is 12.4 Å². The van der Waals surface area contributed by atoms with E-state index in [1.54, 1.807) is 7.11 Å². The first kappa shape index (κ1) is 21.2. The highest BCUT2D eigenvalue weighted by Gasteiger charge is 2.24. The van der Waals surface area contributed by atoms with Crippen LogP contribution in [0.15, 0.2) is 42.5 Å². The van der Waals surface area contributed by atoms with Gasteiger partial charge in [-0.05, 0) is 30.3 Å². The first-order chi connectivity index (χ1) is 13.7. The molecule has 0 atom stereocenters. The van der Waals surface area contributed by atoms with E-state index in [2.05, 4.69) is 10.2 Å². The lowest BCUT2D eigenvalue weighted by Gasteiger charge is -2.26. The highest BCUT2D eigenvalue weighted by Crippen LogP contribution is 2.35. The molecule has 6 nitrogen and oxygen atoms in total. The molecule has 0 spiro atoms. The van der Waals surface area contributed by atoms with E-state index in [1.807, 2.05) is 48.5 Å². The summed E-state index contributed by atoms with van der Waals surface area (Å²) in [6, 6.07) is 13.3. The molecule has 2 aromatic rings. The molecule has 2 heterocycles. The Labute approximate surface area is 176 Å². The topological polar surface area (TPSA) is 60.0 Å². The third-order valence-corrected chi connectivity index (χ3v) is 5.00. The number of para-hydroxylation sites is 1. The third kappa shape index (κ3) is 4.90. The number of methoxy groups -OCH3 is 1. The lowest BCUT2D eigenvalue weighted by molar-refractivity contribution is -0.110. The predicted octanol–water partition coefficient (Wildman–Crippen LogP) is 3.32. The summed E-state index contributed by atoms with van der Waals surface area (Å²) >= 11 is 0. The van der Waals surface area contributed by atoms with Crippen LogP contribution >= 0.6 is 12.4 Å². The molecule has 2 aliphatic heterocycles. The van der Waals surface area contributed by atoms with Crippen molar-refractivity contribution in [3.8, 4) is 11.5 Å². The van der Waals surface area contributed by atoms with Crippen LogP contribution in [-0.4, -0.2) is 57.4 Å². The molecule has 0 aromatic heterocycles. The Morgan fingerprint density at radius 3 is 2.76 bits per heavy atom. The molecule has 1 N–H and O–H groups in total. The number of benzene rings is 2. The Balaban J connectivity index is 0.00000240. The maximum absolute atomic E-state index is 12.5. The number of hydrogen-bond acceptors (Lipinski definition) is 5. The number of anilines is 1. The largest absolute Gasteiger partial charge is 0.497 e. The Morgan fingerprint density at radius 2 is 1.97 bits per heavy atom. The number of nitrogens with one attached hydrogen (secondary N) is 1. The van der Waals surface area contributed by atoms with E-state index in [4.69, 9.17) is 14.2 Å². The van der Waals surface area contributed by atoms with Crippen molar-refractivity contribution in [1.29, 1.82) is 0 Å². The summed E-state index contributed by atoms with van der Waals surface area (Å²) in [4.78, 5) is 14.8. The molecule has 2 aromatic carbocycles. The fourth-order valence-corrected chi connectivity index (χ4v) is 3.44. The molecule has 0 radical (unpaired) electrons. The van der Waals surface area contributed by atoms with Gasteiger partial charge in [0.05, 0.1) is 20.3 Å². The lowest BCUT2D eigenvalue weighted by Crippen LogP contribution is -2.38.